The van der Waals surface area contributed by atoms with Crippen molar-refractivity contribution in [3.63, 3.8) is 0 Å². The summed E-state index contributed by atoms with van der Waals surface area (Å²) in [6, 6.07) is 0. The number of hydrogen-bond donors (Lipinski definition) is 2. The van der Waals surface area contributed by atoms with E-state index in [1.807, 2.05) is 0 Å². The van der Waals surface area contributed by atoms with Crippen molar-refractivity contribution in [1.82, 2.24) is 0 Å². The van der Waals surface area contributed by atoms with Crippen molar-refractivity contribution in [2.75, 3.05) is 5.75 Å². The number of rotatable bonds is 1. The van der Waals surface area contributed by atoms with Gasteiger partial charge in [-0.3, -0.25) is 4.18 Å². The molecule has 5 nitrogen and oxygen atoms in total. The van der Waals surface area contributed by atoms with Crippen molar-refractivity contribution in [3.05, 3.63) is 0 Å². The maximum absolute atomic E-state index is 12.7. The molecular formula is C5H6F4O5S. The lowest BCUT2D eigenvalue weighted by Crippen LogP contribution is -2.34. The van der Waals surface area contributed by atoms with E-state index in [1.54, 1.807) is 0 Å². The molecule has 0 radical (unpaired) electrons. The first-order valence-electron chi connectivity index (χ1n) is 3.48. The lowest BCUT2D eigenvalue weighted by atomic mass is 10.4. The highest BCUT2D eigenvalue weighted by Gasteiger charge is 2.49. The molecule has 1 rings (SSSR count). The van der Waals surface area contributed by atoms with Crippen molar-refractivity contribution in [2.24, 2.45) is 0 Å². The highest BCUT2D eigenvalue weighted by atomic mass is 32.3. The molecular weight excluding hydrogens is 248 g/mol. The largest absolute Gasteiger partial charge is 0.490 e. The van der Waals surface area contributed by atoms with Gasteiger partial charge in [0.1, 0.15) is 0 Å². The van der Waals surface area contributed by atoms with Gasteiger partial charge in [-0.1, -0.05) is 0 Å². The van der Waals surface area contributed by atoms with Gasteiger partial charge in [0.25, 0.3) is 6.36 Å². The Bertz CT molecular complexity index is 267. The summed E-state index contributed by atoms with van der Waals surface area (Å²) in [4.78, 5) is 10.3. The predicted octanol–water partition coefficient (Wildman–Crippen LogP) is 1.45. The normalized spacial score (nSPS) is 32.4. The number of carbonyl (C=O) groups is 1. The van der Waals surface area contributed by atoms with E-state index in [0.29, 0.717) is 0 Å². The van der Waals surface area contributed by atoms with E-state index in [-0.39, 0.29) is 0 Å². The molecule has 0 aromatic carbocycles. The first-order chi connectivity index (χ1) is 6.62. The Morgan fingerprint density at radius 1 is 1.47 bits per heavy atom. The van der Waals surface area contributed by atoms with E-state index in [2.05, 4.69) is 8.92 Å². The third kappa shape index (κ3) is 3.19. The smallest absolute Gasteiger partial charge is 0.449 e. The van der Waals surface area contributed by atoms with Crippen molar-refractivity contribution in [3.8, 4) is 0 Å². The van der Waals surface area contributed by atoms with Gasteiger partial charge in [-0.25, -0.2) is 9.18 Å². The Morgan fingerprint density at radius 3 is 2.33 bits per heavy atom. The van der Waals surface area contributed by atoms with E-state index in [1.165, 1.54) is 0 Å². The minimum absolute atomic E-state index is 0.907. The van der Waals surface area contributed by atoms with Gasteiger partial charge in [0.05, 0.1) is 16.6 Å². The van der Waals surface area contributed by atoms with Crippen LogP contribution in [0.2, 0.25) is 0 Å². The summed E-state index contributed by atoms with van der Waals surface area (Å²) in [6.07, 6.45) is -9.68. The van der Waals surface area contributed by atoms with Crippen LogP contribution in [0.15, 0.2) is 0 Å². The van der Waals surface area contributed by atoms with Crippen LogP contribution in [0.5, 0.6) is 0 Å². The maximum atomic E-state index is 12.7. The van der Waals surface area contributed by atoms with E-state index in [0.717, 1.165) is 0 Å². The van der Waals surface area contributed by atoms with Crippen LogP contribution in [0.4, 0.5) is 17.6 Å². The average molecular weight is 254 g/mol. The van der Waals surface area contributed by atoms with E-state index >= 15 is 0 Å². The van der Waals surface area contributed by atoms with Crippen molar-refractivity contribution >= 4 is 16.8 Å². The summed E-state index contributed by atoms with van der Waals surface area (Å²) >= 11 is 0. The lowest BCUT2D eigenvalue weighted by Gasteiger charge is -2.17. The van der Waals surface area contributed by atoms with Crippen LogP contribution in [0.25, 0.3) is 0 Å². The zero-order valence-electron chi connectivity index (χ0n) is 6.90. The number of halogens is 4. The SMILES string of the molecule is O=C(OC1CS(O)(O)OC1F)C(F)(F)F. The molecule has 1 fully saturated rings. The van der Waals surface area contributed by atoms with Crippen LogP contribution >= 0.6 is 10.9 Å². The maximum Gasteiger partial charge on any atom is 0.490 e. The molecule has 1 aliphatic heterocycles. The predicted molar refractivity (Wildman–Crippen MR) is 39.6 cm³/mol. The number of hydrogen-bond acceptors (Lipinski definition) is 5. The summed E-state index contributed by atoms with van der Waals surface area (Å²) in [5.41, 5.74) is 0. The molecule has 1 aliphatic rings. The van der Waals surface area contributed by atoms with Gasteiger partial charge in [0.15, 0.2) is 6.10 Å². The van der Waals surface area contributed by atoms with Crippen LogP contribution in [0, 0.1) is 0 Å². The molecule has 2 atom stereocenters. The number of carbonyl (C=O) groups excluding carboxylic acids is 1. The lowest BCUT2D eigenvalue weighted by molar-refractivity contribution is -0.209. The highest BCUT2D eigenvalue weighted by molar-refractivity contribution is 8.20. The summed E-state index contributed by atoms with van der Waals surface area (Å²) < 4.78 is 72.7. The molecule has 90 valence electrons. The van der Waals surface area contributed by atoms with Crippen molar-refractivity contribution in [1.29, 1.82) is 0 Å². The second kappa shape index (κ2) is 3.77. The molecule has 15 heavy (non-hydrogen) atoms. The summed E-state index contributed by atoms with van der Waals surface area (Å²) in [5, 5.41) is 0. The monoisotopic (exact) mass is 254 g/mol. The molecule has 2 N–H and O–H groups in total. The van der Waals surface area contributed by atoms with Gasteiger partial charge < -0.3 is 13.8 Å². The van der Waals surface area contributed by atoms with Gasteiger partial charge in [-0.05, 0) is 0 Å². The van der Waals surface area contributed by atoms with Gasteiger partial charge in [-0.15, -0.1) is 0 Å². The molecule has 0 bridgehead atoms. The first-order valence-corrected chi connectivity index (χ1v) is 5.12. The van der Waals surface area contributed by atoms with Crippen molar-refractivity contribution in [2.45, 2.75) is 18.6 Å². The third-order valence-electron chi connectivity index (χ3n) is 1.41. The molecule has 0 amide bonds. The molecule has 0 spiro atoms. The fourth-order valence-corrected chi connectivity index (χ4v) is 1.97. The van der Waals surface area contributed by atoms with Gasteiger partial charge in [0, 0.05) is 0 Å². The standard InChI is InChI=1S/C5H6F4O5S/c6-3-2(1-15(11,12)14-3)13-4(10)5(7,8)9/h2-3,11-12H,1H2. The topological polar surface area (TPSA) is 76.0 Å². The van der Waals surface area contributed by atoms with Crippen LogP contribution in [-0.4, -0.2) is 39.5 Å². The second-order valence-electron chi connectivity index (χ2n) is 2.66. The molecule has 1 heterocycles. The summed E-state index contributed by atoms with van der Waals surface area (Å²) in [7, 11) is -3.76. The van der Waals surface area contributed by atoms with Crippen LogP contribution in [0.3, 0.4) is 0 Å². The summed E-state index contributed by atoms with van der Waals surface area (Å²) in [6.45, 7) is 0. The molecule has 0 aromatic rings. The quantitative estimate of drug-likeness (QED) is 0.547. The van der Waals surface area contributed by atoms with Crippen LogP contribution < -0.4 is 0 Å². The number of alkyl halides is 4. The summed E-state index contributed by atoms with van der Waals surface area (Å²) in [5.74, 6) is -3.51. The minimum atomic E-state index is -5.26. The second-order valence-corrected chi connectivity index (χ2v) is 4.40. The van der Waals surface area contributed by atoms with Crippen molar-refractivity contribution < 1.29 is 40.4 Å². The fourth-order valence-electron chi connectivity index (χ4n) is 0.830. The van der Waals surface area contributed by atoms with Crippen LogP contribution in [-0.2, 0) is 13.7 Å². The molecule has 10 heteroatoms. The Kier molecular flexibility index (Phi) is 3.14. The minimum Gasteiger partial charge on any atom is -0.449 e. The molecule has 1 saturated heterocycles. The Morgan fingerprint density at radius 2 is 2.00 bits per heavy atom. The number of esters is 1. The van der Waals surface area contributed by atoms with E-state index < -0.39 is 41.2 Å². The van der Waals surface area contributed by atoms with Gasteiger partial charge in [0.2, 0.25) is 0 Å². The number of ether oxygens (including phenoxy) is 1. The van der Waals surface area contributed by atoms with Crippen LogP contribution in [0.1, 0.15) is 0 Å². The zero-order valence-corrected chi connectivity index (χ0v) is 7.72. The average Bonchev–Trinajstić information content (AvgIpc) is 2.22. The molecule has 0 saturated carbocycles. The Labute approximate surface area is 82.5 Å². The third-order valence-corrected chi connectivity index (χ3v) is 2.66. The molecule has 0 aliphatic carbocycles. The Hall–Kier alpha value is -0.580. The molecule has 0 aromatic heterocycles. The fraction of sp³-hybridized carbons (Fsp3) is 0.800. The first kappa shape index (κ1) is 12.5. The van der Waals surface area contributed by atoms with E-state index in [4.69, 9.17) is 9.11 Å². The Balaban J connectivity index is 2.58. The highest BCUT2D eigenvalue weighted by Crippen LogP contribution is 2.49. The zero-order chi connectivity index (χ0) is 11.9. The molecule has 2 unspecified atom stereocenters. The van der Waals surface area contributed by atoms with Gasteiger partial charge >= 0.3 is 12.1 Å². The van der Waals surface area contributed by atoms with E-state index in [9.17, 15) is 22.4 Å². The van der Waals surface area contributed by atoms with Gasteiger partial charge in [-0.2, -0.15) is 13.2 Å².